The maximum Gasteiger partial charge on any atom is 0.309 e. The first-order valence-electron chi connectivity index (χ1n) is 5.98. The van der Waals surface area contributed by atoms with Gasteiger partial charge in [0.05, 0.1) is 12.1 Å². The van der Waals surface area contributed by atoms with Crippen LogP contribution in [0.3, 0.4) is 0 Å². The maximum absolute atomic E-state index is 11.4. The number of H-pyrrole nitrogens is 1. The van der Waals surface area contributed by atoms with Crippen LogP contribution in [-0.2, 0) is 24.1 Å². The highest BCUT2D eigenvalue weighted by Gasteiger charge is 2.06. The molecule has 2 N–H and O–H groups in total. The molecule has 98 valence electrons. The van der Waals surface area contributed by atoms with Crippen LogP contribution in [0.2, 0.25) is 0 Å². The number of hydrogen-bond acceptors (Lipinski definition) is 3. The van der Waals surface area contributed by atoms with Gasteiger partial charge in [-0.2, -0.15) is 0 Å². The van der Waals surface area contributed by atoms with E-state index in [0.29, 0.717) is 17.9 Å². The Balaban J connectivity index is 2.10. The molecule has 0 saturated heterocycles. The van der Waals surface area contributed by atoms with Gasteiger partial charge in [0.15, 0.2) is 0 Å². The Kier molecular flexibility index (Phi) is 4.07. The van der Waals surface area contributed by atoms with Crippen molar-refractivity contribution in [2.75, 3.05) is 0 Å². The molecule has 0 radical (unpaired) electrons. The summed E-state index contributed by atoms with van der Waals surface area (Å²) in [5, 5.41) is 8.70. The molecule has 0 saturated carbocycles. The number of rotatable bonds is 5. The summed E-state index contributed by atoms with van der Waals surface area (Å²) in [5.41, 5.74) is 1.13. The third-order valence-electron chi connectivity index (χ3n) is 2.67. The van der Waals surface area contributed by atoms with Crippen LogP contribution in [-0.4, -0.2) is 21.0 Å². The van der Waals surface area contributed by atoms with Crippen molar-refractivity contribution < 1.29 is 9.90 Å². The van der Waals surface area contributed by atoms with Gasteiger partial charge in [0.1, 0.15) is 5.82 Å². The third kappa shape index (κ3) is 4.06. The van der Waals surface area contributed by atoms with Crippen LogP contribution in [0.5, 0.6) is 0 Å². The highest BCUT2D eigenvalue weighted by Crippen LogP contribution is 2.03. The van der Waals surface area contributed by atoms with Crippen molar-refractivity contribution in [2.45, 2.75) is 19.3 Å². The predicted octanol–water partition coefficient (Wildman–Crippen LogP) is 1.18. The summed E-state index contributed by atoms with van der Waals surface area (Å²) in [6.07, 6.45) is 1.09. The Morgan fingerprint density at radius 2 is 1.95 bits per heavy atom. The molecule has 5 nitrogen and oxygen atoms in total. The summed E-state index contributed by atoms with van der Waals surface area (Å²) in [5.74, 6) is -0.472. The molecular weight excluding hydrogens is 244 g/mol. The summed E-state index contributed by atoms with van der Waals surface area (Å²) in [6.45, 7) is 0. The van der Waals surface area contributed by atoms with Crippen molar-refractivity contribution in [3.63, 3.8) is 0 Å². The molecule has 0 aliphatic heterocycles. The lowest BCUT2D eigenvalue weighted by molar-refractivity contribution is -0.136. The van der Waals surface area contributed by atoms with E-state index in [1.807, 2.05) is 30.3 Å². The molecule has 19 heavy (non-hydrogen) atoms. The standard InChI is InChI=1S/C14H14N2O3/c17-13-8-11(9-14(18)19)15-12(16-13)7-6-10-4-2-1-3-5-10/h1-5,8H,6-7,9H2,(H,18,19)(H,15,16,17). The van der Waals surface area contributed by atoms with Crippen molar-refractivity contribution in [2.24, 2.45) is 0 Å². The number of aryl methyl sites for hydroxylation is 2. The van der Waals surface area contributed by atoms with E-state index in [4.69, 9.17) is 5.11 Å². The molecule has 1 heterocycles. The number of carboxylic acid groups (broad SMARTS) is 1. The smallest absolute Gasteiger partial charge is 0.309 e. The number of aliphatic carboxylic acids is 1. The number of nitrogens with zero attached hydrogens (tertiary/aromatic N) is 1. The molecular formula is C14H14N2O3. The Hall–Kier alpha value is -2.43. The molecule has 1 aromatic carbocycles. The Morgan fingerprint density at radius 3 is 2.63 bits per heavy atom. The van der Waals surface area contributed by atoms with Crippen LogP contribution in [0.4, 0.5) is 0 Å². The quantitative estimate of drug-likeness (QED) is 0.843. The average Bonchev–Trinajstić information content (AvgIpc) is 2.36. The van der Waals surface area contributed by atoms with E-state index in [2.05, 4.69) is 9.97 Å². The first kappa shape index (κ1) is 13.0. The zero-order chi connectivity index (χ0) is 13.7. The molecule has 0 unspecified atom stereocenters. The molecule has 1 aromatic heterocycles. The van der Waals surface area contributed by atoms with E-state index < -0.39 is 5.97 Å². The van der Waals surface area contributed by atoms with E-state index in [9.17, 15) is 9.59 Å². The largest absolute Gasteiger partial charge is 0.481 e. The lowest BCUT2D eigenvalue weighted by Gasteiger charge is -2.03. The first-order valence-corrected chi connectivity index (χ1v) is 5.98. The highest BCUT2D eigenvalue weighted by atomic mass is 16.4. The van der Waals surface area contributed by atoms with E-state index in [-0.39, 0.29) is 12.0 Å². The van der Waals surface area contributed by atoms with Gasteiger partial charge < -0.3 is 10.1 Å². The van der Waals surface area contributed by atoms with E-state index in [1.165, 1.54) is 6.07 Å². The molecule has 0 spiro atoms. The SMILES string of the molecule is O=C(O)Cc1cc(=O)[nH]c(CCc2ccccc2)n1. The number of benzene rings is 1. The lowest BCUT2D eigenvalue weighted by atomic mass is 10.1. The number of nitrogens with one attached hydrogen (secondary N) is 1. The van der Waals surface area contributed by atoms with Crippen molar-refractivity contribution in [1.82, 2.24) is 9.97 Å². The second-order valence-electron chi connectivity index (χ2n) is 4.24. The minimum atomic E-state index is -0.993. The van der Waals surface area contributed by atoms with Crippen molar-refractivity contribution in [3.05, 3.63) is 63.8 Å². The zero-order valence-corrected chi connectivity index (χ0v) is 10.3. The fraction of sp³-hybridized carbons (Fsp3) is 0.214. The van der Waals surface area contributed by atoms with E-state index >= 15 is 0 Å². The Labute approximate surface area is 110 Å². The fourth-order valence-electron chi connectivity index (χ4n) is 1.83. The van der Waals surface area contributed by atoms with Crippen LogP contribution in [0, 0.1) is 0 Å². The molecule has 0 fully saturated rings. The van der Waals surface area contributed by atoms with Gasteiger partial charge in [0, 0.05) is 12.5 Å². The highest BCUT2D eigenvalue weighted by molar-refractivity contribution is 5.69. The minimum Gasteiger partial charge on any atom is -0.481 e. The Bertz CT molecular complexity index is 620. The zero-order valence-electron chi connectivity index (χ0n) is 10.3. The van der Waals surface area contributed by atoms with Gasteiger partial charge in [-0.25, -0.2) is 4.98 Å². The van der Waals surface area contributed by atoms with Gasteiger partial charge in [0.25, 0.3) is 5.56 Å². The third-order valence-corrected chi connectivity index (χ3v) is 2.67. The number of aromatic amines is 1. The van der Waals surface area contributed by atoms with Crippen LogP contribution in [0.25, 0.3) is 0 Å². The second kappa shape index (κ2) is 5.95. The van der Waals surface area contributed by atoms with Crippen molar-refractivity contribution in [1.29, 1.82) is 0 Å². The molecule has 2 aromatic rings. The minimum absolute atomic E-state index is 0.234. The molecule has 0 aliphatic carbocycles. The summed E-state index contributed by atoms with van der Waals surface area (Å²) in [7, 11) is 0. The second-order valence-corrected chi connectivity index (χ2v) is 4.24. The molecule has 0 atom stereocenters. The van der Waals surface area contributed by atoms with E-state index in [0.717, 1.165) is 12.0 Å². The maximum atomic E-state index is 11.4. The number of carbonyl (C=O) groups is 1. The molecule has 2 rings (SSSR count). The van der Waals surface area contributed by atoms with Gasteiger partial charge in [-0.15, -0.1) is 0 Å². The monoisotopic (exact) mass is 258 g/mol. The van der Waals surface area contributed by atoms with E-state index in [1.54, 1.807) is 0 Å². The summed E-state index contributed by atoms with van der Waals surface area (Å²) >= 11 is 0. The van der Waals surface area contributed by atoms with Gasteiger partial charge in [0.2, 0.25) is 0 Å². The van der Waals surface area contributed by atoms with Crippen molar-refractivity contribution >= 4 is 5.97 Å². The molecule has 0 aliphatic rings. The molecule has 0 amide bonds. The molecule has 0 bridgehead atoms. The summed E-state index contributed by atoms with van der Waals surface area (Å²) in [6, 6.07) is 11.1. The number of aromatic nitrogens is 2. The van der Waals surface area contributed by atoms with Gasteiger partial charge in [-0.05, 0) is 12.0 Å². The fourth-order valence-corrected chi connectivity index (χ4v) is 1.83. The average molecular weight is 258 g/mol. The van der Waals surface area contributed by atoms with Crippen LogP contribution >= 0.6 is 0 Å². The number of hydrogen-bond donors (Lipinski definition) is 2. The van der Waals surface area contributed by atoms with Crippen molar-refractivity contribution in [3.8, 4) is 0 Å². The van der Waals surface area contributed by atoms with Crippen LogP contribution in [0.15, 0.2) is 41.2 Å². The van der Waals surface area contributed by atoms with Crippen LogP contribution < -0.4 is 5.56 Å². The topological polar surface area (TPSA) is 83.0 Å². The number of carboxylic acids is 1. The van der Waals surface area contributed by atoms with Gasteiger partial charge in [-0.1, -0.05) is 30.3 Å². The van der Waals surface area contributed by atoms with Crippen LogP contribution in [0.1, 0.15) is 17.1 Å². The lowest BCUT2D eigenvalue weighted by Crippen LogP contribution is -2.15. The summed E-state index contributed by atoms with van der Waals surface area (Å²) < 4.78 is 0. The van der Waals surface area contributed by atoms with Gasteiger partial charge in [-0.3, -0.25) is 9.59 Å². The summed E-state index contributed by atoms with van der Waals surface area (Å²) in [4.78, 5) is 28.8. The molecule has 5 heteroatoms. The van der Waals surface area contributed by atoms with Gasteiger partial charge >= 0.3 is 5.97 Å². The Morgan fingerprint density at radius 1 is 1.21 bits per heavy atom. The normalized spacial score (nSPS) is 10.3. The first-order chi connectivity index (χ1) is 9.13. The predicted molar refractivity (Wildman–Crippen MR) is 70.0 cm³/mol.